The number of pyridine rings is 1. The summed E-state index contributed by atoms with van der Waals surface area (Å²) in [7, 11) is 0. The maximum absolute atomic E-state index is 15.1. The second-order valence-electron chi connectivity index (χ2n) is 9.58. The molecule has 0 spiro atoms. The first-order valence-electron chi connectivity index (χ1n) is 11.8. The average molecular weight is 509 g/mol. The van der Waals surface area contributed by atoms with E-state index in [-0.39, 0.29) is 23.7 Å². The number of carboxylic acids is 1. The molecule has 0 unspecified atom stereocenters. The summed E-state index contributed by atoms with van der Waals surface area (Å²) in [5.41, 5.74) is 2.26. The Morgan fingerprint density at radius 3 is 2.73 bits per heavy atom. The Morgan fingerprint density at radius 1 is 1.27 bits per heavy atom. The number of piperidine rings is 1. The Bertz CT molecular complexity index is 1520. The molecule has 1 N–H and O–H groups in total. The van der Waals surface area contributed by atoms with Crippen LogP contribution in [0, 0.1) is 24.1 Å². The number of benzene rings is 1. The summed E-state index contributed by atoms with van der Waals surface area (Å²) in [6.07, 6.45) is 5.54. The minimum Gasteiger partial charge on any atom is -0.481 e. The molecule has 190 valence electrons. The Kier molecular flexibility index (Phi) is 5.32. The first-order chi connectivity index (χ1) is 17.7. The van der Waals surface area contributed by atoms with Crippen LogP contribution in [0.2, 0.25) is 0 Å². The van der Waals surface area contributed by atoms with Crippen molar-refractivity contribution in [2.24, 2.45) is 11.3 Å². The lowest BCUT2D eigenvalue weighted by molar-refractivity contribution is -0.143. The van der Waals surface area contributed by atoms with Crippen molar-refractivity contribution in [2.45, 2.75) is 26.4 Å². The van der Waals surface area contributed by atoms with Crippen molar-refractivity contribution in [1.29, 1.82) is 0 Å². The lowest BCUT2D eigenvalue weighted by Crippen LogP contribution is -2.29. The number of carboxylic acid groups (broad SMARTS) is 1. The lowest BCUT2D eigenvalue weighted by atomic mass is 10.1. The van der Waals surface area contributed by atoms with Crippen molar-refractivity contribution in [3.05, 3.63) is 71.7 Å². The third kappa shape index (κ3) is 3.94. The molecule has 1 aliphatic heterocycles. The van der Waals surface area contributed by atoms with Gasteiger partial charge in [-0.25, -0.2) is 19.3 Å². The third-order valence-corrected chi connectivity index (χ3v) is 7.36. The van der Waals surface area contributed by atoms with E-state index in [4.69, 9.17) is 0 Å². The van der Waals surface area contributed by atoms with E-state index >= 15 is 4.39 Å². The summed E-state index contributed by atoms with van der Waals surface area (Å²) in [6.45, 7) is -0.227. The van der Waals surface area contributed by atoms with Crippen molar-refractivity contribution < 1.29 is 27.8 Å². The van der Waals surface area contributed by atoms with Gasteiger partial charge in [0.15, 0.2) is 0 Å². The summed E-state index contributed by atoms with van der Waals surface area (Å²) in [4.78, 5) is 26.6. The summed E-state index contributed by atoms with van der Waals surface area (Å²) in [5.74, 6) is -0.710. The molecule has 1 aliphatic carbocycles. The Labute approximate surface area is 209 Å². The fourth-order valence-electron chi connectivity index (χ4n) is 5.29. The molecule has 3 aromatic heterocycles. The molecule has 1 saturated carbocycles. The standard InChI is InChI=1S/C26H22F3N5O3/c1-14-20(6-15-4-2-3-5-21(15)37-24(28)29)34-12-18(19(27)7-22(34)32-14)16-9-30-25(31-10-16)33-11-17-8-26(17,13-33)23(35)36/h2-5,7,9-10,12,17,24H,6,8,11,13H2,1H3,(H,35,36)/t17-,26-/m0/s1. The smallest absolute Gasteiger partial charge is 0.387 e. The second kappa shape index (κ2) is 8.46. The zero-order valence-electron chi connectivity index (χ0n) is 19.7. The zero-order chi connectivity index (χ0) is 25.9. The number of halogens is 3. The van der Waals surface area contributed by atoms with Crippen molar-refractivity contribution in [2.75, 3.05) is 18.0 Å². The van der Waals surface area contributed by atoms with Gasteiger partial charge in [0.1, 0.15) is 17.2 Å². The number of imidazole rings is 1. The quantitative estimate of drug-likeness (QED) is 0.396. The number of carbonyl (C=O) groups is 1. The van der Waals surface area contributed by atoms with Gasteiger partial charge in [0, 0.05) is 66.6 Å². The van der Waals surface area contributed by atoms with Gasteiger partial charge < -0.3 is 19.1 Å². The highest BCUT2D eigenvalue weighted by Gasteiger charge is 2.65. The molecule has 1 aromatic carbocycles. The van der Waals surface area contributed by atoms with E-state index in [1.54, 1.807) is 35.7 Å². The highest BCUT2D eigenvalue weighted by molar-refractivity contribution is 5.81. The zero-order valence-corrected chi connectivity index (χ0v) is 19.7. The monoisotopic (exact) mass is 509 g/mol. The minimum atomic E-state index is -2.95. The van der Waals surface area contributed by atoms with Gasteiger partial charge in [-0.3, -0.25) is 4.79 Å². The second-order valence-corrected chi connectivity index (χ2v) is 9.58. The van der Waals surface area contributed by atoms with Crippen molar-refractivity contribution >= 4 is 17.6 Å². The molecule has 0 radical (unpaired) electrons. The number of anilines is 1. The van der Waals surface area contributed by atoms with E-state index in [1.165, 1.54) is 24.5 Å². The van der Waals surface area contributed by atoms with Crippen molar-refractivity contribution in [3.63, 3.8) is 0 Å². The number of nitrogens with zero attached hydrogens (tertiary/aromatic N) is 5. The van der Waals surface area contributed by atoms with Crippen molar-refractivity contribution in [3.8, 4) is 16.9 Å². The lowest BCUT2D eigenvalue weighted by Gasteiger charge is -2.19. The van der Waals surface area contributed by atoms with E-state index in [9.17, 15) is 18.7 Å². The van der Waals surface area contributed by atoms with Crippen LogP contribution in [-0.2, 0) is 11.2 Å². The third-order valence-electron chi connectivity index (χ3n) is 7.36. The summed E-state index contributed by atoms with van der Waals surface area (Å²) < 4.78 is 47.2. The number of hydrogen-bond acceptors (Lipinski definition) is 6. The van der Waals surface area contributed by atoms with Gasteiger partial charge in [-0.05, 0) is 25.3 Å². The van der Waals surface area contributed by atoms with E-state index in [0.29, 0.717) is 53.6 Å². The molecule has 11 heteroatoms. The van der Waals surface area contributed by atoms with Crippen LogP contribution >= 0.6 is 0 Å². The van der Waals surface area contributed by atoms with Crippen LogP contribution in [0.25, 0.3) is 16.8 Å². The Morgan fingerprint density at radius 2 is 2.03 bits per heavy atom. The van der Waals surface area contributed by atoms with Crippen LogP contribution in [0.4, 0.5) is 19.1 Å². The van der Waals surface area contributed by atoms with E-state index < -0.39 is 23.8 Å². The van der Waals surface area contributed by atoms with Crippen LogP contribution in [-0.4, -0.2) is 50.1 Å². The minimum absolute atomic E-state index is 0.0717. The van der Waals surface area contributed by atoms with Gasteiger partial charge in [-0.1, -0.05) is 18.2 Å². The molecule has 6 rings (SSSR count). The molecule has 8 nitrogen and oxygen atoms in total. The normalized spacial score (nSPS) is 20.5. The fourth-order valence-corrected chi connectivity index (χ4v) is 5.29. The fraction of sp³-hybridized carbons (Fsp3) is 0.308. The van der Waals surface area contributed by atoms with Gasteiger partial charge in [-0.15, -0.1) is 0 Å². The number of fused-ring (bicyclic) bond motifs is 2. The van der Waals surface area contributed by atoms with Gasteiger partial charge in [0.25, 0.3) is 0 Å². The number of aliphatic carboxylic acids is 1. The van der Waals surface area contributed by atoms with Gasteiger partial charge in [0.2, 0.25) is 5.95 Å². The predicted molar refractivity (Wildman–Crippen MR) is 127 cm³/mol. The van der Waals surface area contributed by atoms with Crippen LogP contribution in [0.15, 0.2) is 48.9 Å². The van der Waals surface area contributed by atoms with Crippen LogP contribution in [0.3, 0.4) is 0 Å². The van der Waals surface area contributed by atoms with E-state index in [0.717, 1.165) is 0 Å². The molecule has 4 heterocycles. The van der Waals surface area contributed by atoms with Crippen LogP contribution in [0.5, 0.6) is 5.75 Å². The molecule has 4 aromatic rings. The van der Waals surface area contributed by atoms with E-state index in [1.807, 2.05) is 4.90 Å². The van der Waals surface area contributed by atoms with Crippen LogP contribution < -0.4 is 9.64 Å². The molecule has 1 saturated heterocycles. The van der Waals surface area contributed by atoms with E-state index in [2.05, 4.69) is 19.7 Å². The number of hydrogen-bond donors (Lipinski definition) is 1. The molecule has 0 amide bonds. The van der Waals surface area contributed by atoms with Crippen molar-refractivity contribution in [1.82, 2.24) is 19.4 Å². The average Bonchev–Trinajstić information content (AvgIpc) is 3.31. The summed E-state index contributed by atoms with van der Waals surface area (Å²) in [5, 5.41) is 9.50. The topological polar surface area (TPSA) is 92.9 Å². The molecule has 2 atom stereocenters. The SMILES string of the molecule is Cc1nc2cc(F)c(-c3cnc(N4C[C@@H]5C[C@]5(C(=O)O)C4)nc3)cn2c1Cc1ccccc1OC(F)F. The highest BCUT2D eigenvalue weighted by atomic mass is 19.3. The maximum Gasteiger partial charge on any atom is 0.387 e. The molecule has 2 aliphatic rings. The summed E-state index contributed by atoms with van der Waals surface area (Å²) in [6, 6.07) is 7.84. The first kappa shape index (κ1) is 23.3. The Balaban J connectivity index is 1.31. The molecular weight excluding hydrogens is 487 g/mol. The number of para-hydroxylation sites is 1. The summed E-state index contributed by atoms with van der Waals surface area (Å²) >= 11 is 0. The van der Waals surface area contributed by atoms with Gasteiger partial charge in [-0.2, -0.15) is 8.78 Å². The number of alkyl halides is 2. The first-order valence-corrected chi connectivity index (χ1v) is 11.8. The molecule has 37 heavy (non-hydrogen) atoms. The van der Waals surface area contributed by atoms with Gasteiger partial charge in [0.05, 0.1) is 11.1 Å². The number of aryl methyl sites for hydroxylation is 1. The van der Waals surface area contributed by atoms with Gasteiger partial charge >= 0.3 is 12.6 Å². The molecule has 0 bridgehead atoms. The molecule has 2 fully saturated rings. The number of aromatic nitrogens is 4. The highest BCUT2D eigenvalue weighted by Crippen LogP contribution is 2.58. The largest absolute Gasteiger partial charge is 0.481 e. The number of ether oxygens (including phenoxy) is 1. The van der Waals surface area contributed by atoms with Crippen LogP contribution in [0.1, 0.15) is 23.4 Å². The Hall–Kier alpha value is -4.15. The number of rotatable bonds is 7. The molecular formula is C26H22F3N5O3. The predicted octanol–water partition coefficient (Wildman–Crippen LogP) is 4.34. The maximum atomic E-state index is 15.1.